The SMILES string of the molecule is CN1CCN(CCCNC(=O)c2cn(Cc3ccccc3)nc2-c2ccc(Cl)cc2)CC1. The van der Waals surface area contributed by atoms with Crippen molar-refractivity contribution in [1.82, 2.24) is 24.9 Å². The van der Waals surface area contributed by atoms with Crippen molar-refractivity contribution in [3.63, 3.8) is 0 Å². The van der Waals surface area contributed by atoms with Gasteiger partial charge in [0, 0.05) is 49.5 Å². The minimum Gasteiger partial charge on any atom is -0.352 e. The number of halogens is 1. The van der Waals surface area contributed by atoms with E-state index in [-0.39, 0.29) is 5.91 Å². The minimum atomic E-state index is -0.0901. The molecule has 0 aliphatic carbocycles. The second kappa shape index (κ2) is 10.8. The highest BCUT2D eigenvalue weighted by Gasteiger charge is 2.18. The van der Waals surface area contributed by atoms with Crippen molar-refractivity contribution in [3.05, 3.63) is 76.9 Å². The highest BCUT2D eigenvalue weighted by Crippen LogP contribution is 2.24. The number of rotatable bonds is 8. The molecule has 1 N–H and O–H groups in total. The Balaban J connectivity index is 1.43. The number of likely N-dealkylation sites (N-methyl/N-ethyl adjacent to an activating group) is 1. The number of benzene rings is 2. The van der Waals surface area contributed by atoms with Gasteiger partial charge in [0.25, 0.3) is 5.91 Å². The molecule has 0 atom stereocenters. The molecule has 0 radical (unpaired) electrons. The Morgan fingerprint density at radius 3 is 2.47 bits per heavy atom. The van der Waals surface area contributed by atoms with E-state index in [1.807, 2.05) is 53.3 Å². The van der Waals surface area contributed by atoms with Gasteiger partial charge in [-0.3, -0.25) is 9.48 Å². The maximum atomic E-state index is 13.1. The van der Waals surface area contributed by atoms with Crippen LogP contribution in [0.4, 0.5) is 0 Å². The molecule has 4 rings (SSSR count). The topological polar surface area (TPSA) is 53.4 Å². The second-order valence-corrected chi connectivity index (χ2v) is 8.77. The summed E-state index contributed by atoms with van der Waals surface area (Å²) in [5.41, 5.74) is 3.28. The molecule has 1 saturated heterocycles. The molecule has 7 heteroatoms. The third kappa shape index (κ3) is 5.97. The normalized spacial score (nSPS) is 15.1. The van der Waals surface area contributed by atoms with Crippen LogP contribution < -0.4 is 5.32 Å². The van der Waals surface area contributed by atoms with Gasteiger partial charge >= 0.3 is 0 Å². The highest BCUT2D eigenvalue weighted by atomic mass is 35.5. The van der Waals surface area contributed by atoms with Gasteiger partial charge in [0.05, 0.1) is 12.1 Å². The Morgan fingerprint density at radius 1 is 1.03 bits per heavy atom. The fourth-order valence-electron chi connectivity index (χ4n) is 3.93. The molecule has 2 aromatic carbocycles. The smallest absolute Gasteiger partial charge is 0.255 e. The number of amides is 1. The Morgan fingerprint density at radius 2 is 1.75 bits per heavy atom. The number of piperazine rings is 1. The van der Waals surface area contributed by atoms with Crippen LogP contribution >= 0.6 is 11.6 Å². The molecular formula is C25H30ClN5O. The van der Waals surface area contributed by atoms with Crippen LogP contribution in [0.25, 0.3) is 11.3 Å². The van der Waals surface area contributed by atoms with Crippen LogP contribution in [-0.4, -0.2) is 71.8 Å². The molecule has 0 saturated carbocycles. The van der Waals surface area contributed by atoms with E-state index < -0.39 is 0 Å². The molecule has 32 heavy (non-hydrogen) atoms. The van der Waals surface area contributed by atoms with Crippen LogP contribution in [0.15, 0.2) is 60.8 Å². The average molecular weight is 452 g/mol. The molecule has 0 spiro atoms. The van der Waals surface area contributed by atoms with Gasteiger partial charge in [-0.1, -0.05) is 54.1 Å². The van der Waals surface area contributed by atoms with E-state index in [1.54, 1.807) is 0 Å². The number of aromatic nitrogens is 2. The van der Waals surface area contributed by atoms with E-state index in [4.69, 9.17) is 16.7 Å². The standard InChI is InChI=1S/C25H30ClN5O/c1-29-14-16-30(17-15-29)13-5-12-27-25(32)23-19-31(18-20-6-3-2-4-7-20)28-24(23)21-8-10-22(26)11-9-21/h2-4,6-11,19H,5,12-18H2,1H3,(H,27,32). The summed E-state index contributed by atoms with van der Waals surface area (Å²) in [7, 11) is 2.16. The van der Waals surface area contributed by atoms with Crippen LogP contribution in [0, 0.1) is 0 Å². The molecule has 1 aliphatic rings. The summed E-state index contributed by atoms with van der Waals surface area (Å²) in [5.74, 6) is -0.0901. The van der Waals surface area contributed by atoms with Crippen molar-refractivity contribution in [3.8, 4) is 11.3 Å². The first-order valence-electron chi connectivity index (χ1n) is 11.1. The van der Waals surface area contributed by atoms with Gasteiger partial charge in [-0.05, 0) is 37.7 Å². The third-order valence-corrected chi connectivity index (χ3v) is 6.10. The first-order valence-corrected chi connectivity index (χ1v) is 11.5. The molecule has 0 bridgehead atoms. The van der Waals surface area contributed by atoms with Crippen molar-refractivity contribution in [2.24, 2.45) is 0 Å². The van der Waals surface area contributed by atoms with Gasteiger partial charge < -0.3 is 15.1 Å². The summed E-state index contributed by atoms with van der Waals surface area (Å²) < 4.78 is 1.83. The van der Waals surface area contributed by atoms with E-state index >= 15 is 0 Å². The molecule has 2 heterocycles. The van der Waals surface area contributed by atoms with Crippen LogP contribution in [0.3, 0.4) is 0 Å². The van der Waals surface area contributed by atoms with Gasteiger partial charge in [-0.25, -0.2) is 0 Å². The summed E-state index contributed by atoms with van der Waals surface area (Å²) >= 11 is 6.06. The lowest BCUT2D eigenvalue weighted by atomic mass is 10.1. The van der Waals surface area contributed by atoms with Gasteiger partial charge in [0.1, 0.15) is 5.69 Å². The predicted molar refractivity (Wildman–Crippen MR) is 129 cm³/mol. The zero-order chi connectivity index (χ0) is 22.3. The second-order valence-electron chi connectivity index (χ2n) is 8.34. The van der Waals surface area contributed by atoms with Crippen molar-refractivity contribution >= 4 is 17.5 Å². The van der Waals surface area contributed by atoms with Gasteiger partial charge in [0.2, 0.25) is 0 Å². The minimum absolute atomic E-state index is 0.0901. The number of hydrogen-bond donors (Lipinski definition) is 1. The Kier molecular flexibility index (Phi) is 7.58. The number of hydrogen-bond acceptors (Lipinski definition) is 4. The Bertz CT molecular complexity index is 1010. The molecule has 1 aromatic heterocycles. The first kappa shape index (κ1) is 22.5. The van der Waals surface area contributed by atoms with Crippen LogP contribution in [-0.2, 0) is 6.54 Å². The van der Waals surface area contributed by atoms with E-state index in [1.165, 1.54) is 0 Å². The molecule has 0 unspecified atom stereocenters. The van der Waals surface area contributed by atoms with Crippen LogP contribution in [0.5, 0.6) is 0 Å². The molecule has 1 fully saturated rings. The van der Waals surface area contributed by atoms with Gasteiger partial charge in [-0.2, -0.15) is 5.10 Å². The number of nitrogens with zero attached hydrogens (tertiary/aromatic N) is 4. The molecule has 6 nitrogen and oxygen atoms in total. The van der Waals surface area contributed by atoms with Crippen molar-refractivity contribution < 1.29 is 4.79 Å². The maximum Gasteiger partial charge on any atom is 0.255 e. The van der Waals surface area contributed by atoms with E-state index in [0.29, 0.717) is 29.4 Å². The van der Waals surface area contributed by atoms with Crippen LogP contribution in [0.1, 0.15) is 22.3 Å². The summed E-state index contributed by atoms with van der Waals surface area (Å²) in [6.07, 6.45) is 2.77. The average Bonchev–Trinajstić information content (AvgIpc) is 3.23. The zero-order valence-electron chi connectivity index (χ0n) is 18.5. The van der Waals surface area contributed by atoms with E-state index in [0.717, 1.165) is 50.3 Å². The van der Waals surface area contributed by atoms with Crippen molar-refractivity contribution in [2.75, 3.05) is 46.3 Å². The Labute approximate surface area is 194 Å². The summed E-state index contributed by atoms with van der Waals surface area (Å²) in [6.45, 7) is 6.67. The molecule has 1 amide bonds. The zero-order valence-corrected chi connectivity index (χ0v) is 19.3. The lowest BCUT2D eigenvalue weighted by Gasteiger charge is -2.32. The molecular weight excluding hydrogens is 422 g/mol. The summed E-state index contributed by atoms with van der Waals surface area (Å²) in [6, 6.07) is 17.6. The summed E-state index contributed by atoms with van der Waals surface area (Å²) in [4.78, 5) is 17.9. The van der Waals surface area contributed by atoms with Gasteiger partial charge in [0.15, 0.2) is 0 Å². The Hall–Kier alpha value is -2.67. The summed E-state index contributed by atoms with van der Waals surface area (Å²) in [5, 5.41) is 8.49. The highest BCUT2D eigenvalue weighted by molar-refractivity contribution is 6.30. The van der Waals surface area contributed by atoms with E-state index in [2.05, 4.69) is 34.3 Å². The maximum absolute atomic E-state index is 13.1. The fraction of sp³-hybridized carbons (Fsp3) is 0.360. The first-order chi connectivity index (χ1) is 15.6. The van der Waals surface area contributed by atoms with Crippen molar-refractivity contribution in [2.45, 2.75) is 13.0 Å². The van der Waals surface area contributed by atoms with E-state index in [9.17, 15) is 4.79 Å². The number of nitrogens with one attached hydrogen (secondary N) is 1. The molecule has 168 valence electrons. The predicted octanol–water partition coefficient (Wildman–Crippen LogP) is 3.62. The van der Waals surface area contributed by atoms with Gasteiger partial charge in [-0.15, -0.1) is 0 Å². The lowest BCUT2D eigenvalue weighted by Crippen LogP contribution is -2.45. The third-order valence-electron chi connectivity index (χ3n) is 5.84. The number of carbonyl (C=O) groups excluding carboxylic acids is 1. The monoisotopic (exact) mass is 451 g/mol. The van der Waals surface area contributed by atoms with Crippen LogP contribution in [0.2, 0.25) is 5.02 Å². The lowest BCUT2D eigenvalue weighted by molar-refractivity contribution is 0.0950. The fourth-order valence-corrected chi connectivity index (χ4v) is 4.06. The molecule has 1 aliphatic heterocycles. The van der Waals surface area contributed by atoms with Crippen molar-refractivity contribution in [1.29, 1.82) is 0 Å². The largest absolute Gasteiger partial charge is 0.352 e. The molecule has 3 aromatic rings. The quantitative estimate of drug-likeness (QED) is 0.531. The number of carbonyl (C=O) groups is 1.